The van der Waals surface area contributed by atoms with Crippen molar-refractivity contribution < 1.29 is 27.6 Å². The number of benzene rings is 1. The number of hydrogen-bond acceptors (Lipinski definition) is 4. The van der Waals surface area contributed by atoms with Crippen molar-refractivity contribution in [1.82, 2.24) is 25.4 Å². The van der Waals surface area contributed by atoms with E-state index >= 15 is 0 Å². The van der Waals surface area contributed by atoms with E-state index in [1.54, 1.807) is 38.4 Å². The highest BCUT2D eigenvalue weighted by Crippen LogP contribution is 2.42. The third kappa shape index (κ3) is 4.65. The van der Waals surface area contributed by atoms with Gasteiger partial charge in [-0.1, -0.05) is 38.1 Å². The number of likely N-dealkylation sites (N-methyl/N-ethyl adjacent to an activating group) is 1. The van der Waals surface area contributed by atoms with Crippen LogP contribution >= 0.6 is 0 Å². The van der Waals surface area contributed by atoms with Crippen LogP contribution in [0.5, 0.6) is 0 Å². The minimum Gasteiger partial charge on any atom is -0.350 e. The molecule has 2 N–H and O–H groups in total. The SMILES string of the molecule is CC(C)[C@H](C(=O)NCc1cccnc1)N1CC2=C(C1=O)[C@H](c1ccccc1C(F)(F)F)NC(=O)N2C. The molecule has 0 saturated heterocycles. The zero-order valence-electron chi connectivity index (χ0n) is 20.0. The van der Waals surface area contributed by atoms with Gasteiger partial charge in [-0.05, 0) is 29.2 Å². The van der Waals surface area contributed by atoms with Crippen LogP contribution in [-0.4, -0.2) is 52.3 Å². The predicted molar refractivity (Wildman–Crippen MR) is 124 cm³/mol. The molecular formula is C25H26F3N5O3. The standard InChI is InChI=1S/C25H26F3N5O3/c1-14(2)21(22(34)30-12-15-7-6-10-29-11-15)33-13-18-19(23(33)35)20(31-24(36)32(18)3)16-8-4-5-9-17(16)25(26,27)28/h4-11,14,20-21H,12-13H2,1-3H3,(H,30,34)(H,31,36)/t20-,21+/m0/s1. The van der Waals surface area contributed by atoms with E-state index in [1.165, 1.54) is 35.0 Å². The van der Waals surface area contributed by atoms with E-state index in [4.69, 9.17) is 0 Å². The summed E-state index contributed by atoms with van der Waals surface area (Å²) in [7, 11) is 1.44. The van der Waals surface area contributed by atoms with Gasteiger partial charge in [0.1, 0.15) is 6.04 Å². The number of amides is 4. The molecule has 0 radical (unpaired) electrons. The molecule has 0 aliphatic carbocycles. The highest BCUT2D eigenvalue weighted by atomic mass is 19.4. The van der Waals surface area contributed by atoms with Gasteiger partial charge in [-0.25, -0.2) is 4.79 Å². The molecule has 190 valence electrons. The molecule has 2 atom stereocenters. The molecule has 8 nitrogen and oxygen atoms in total. The van der Waals surface area contributed by atoms with E-state index < -0.39 is 41.7 Å². The first-order valence-corrected chi connectivity index (χ1v) is 11.4. The van der Waals surface area contributed by atoms with Gasteiger partial charge in [0.2, 0.25) is 5.91 Å². The van der Waals surface area contributed by atoms with Crippen molar-refractivity contribution in [2.75, 3.05) is 13.6 Å². The lowest BCUT2D eigenvalue weighted by Gasteiger charge is -2.32. The molecule has 11 heteroatoms. The second kappa shape index (κ2) is 9.63. The number of aromatic nitrogens is 1. The number of rotatable bonds is 6. The molecular weight excluding hydrogens is 475 g/mol. The summed E-state index contributed by atoms with van der Waals surface area (Å²) in [6.45, 7) is 3.68. The molecule has 0 spiro atoms. The Morgan fingerprint density at radius 2 is 1.92 bits per heavy atom. The monoisotopic (exact) mass is 501 g/mol. The lowest BCUT2D eigenvalue weighted by Crippen LogP contribution is -2.51. The van der Waals surface area contributed by atoms with Crippen molar-refractivity contribution in [3.63, 3.8) is 0 Å². The Hall–Kier alpha value is -3.89. The fourth-order valence-electron chi connectivity index (χ4n) is 4.65. The summed E-state index contributed by atoms with van der Waals surface area (Å²) in [6.07, 6.45) is -1.46. The Morgan fingerprint density at radius 1 is 1.19 bits per heavy atom. The number of alkyl halides is 3. The van der Waals surface area contributed by atoms with Crippen LogP contribution in [0.1, 0.15) is 36.6 Å². The third-order valence-electron chi connectivity index (χ3n) is 6.39. The van der Waals surface area contributed by atoms with Gasteiger partial charge in [-0.15, -0.1) is 0 Å². The van der Waals surface area contributed by atoms with Crippen LogP contribution in [0.25, 0.3) is 0 Å². The summed E-state index contributed by atoms with van der Waals surface area (Å²) in [5, 5.41) is 5.35. The van der Waals surface area contributed by atoms with Gasteiger partial charge >= 0.3 is 12.2 Å². The molecule has 2 aromatic rings. The van der Waals surface area contributed by atoms with Crippen molar-refractivity contribution in [2.45, 2.75) is 38.7 Å². The Labute approximate surface area is 206 Å². The average Bonchev–Trinajstić information content (AvgIpc) is 3.17. The van der Waals surface area contributed by atoms with E-state index in [9.17, 15) is 27.6 Å². The maximum absolute atomic E-state index is 13.8. The predicted octanol–water partition coefficient (Wildman–Crippen LogP) is 3.23. The largest absolute Gasteiger partial charge is 0.416 e. The zero-order valence-corrected chi connectivity index (χ0v) is 20.0. The van der Waals surface area contributed by atoms with Crippen LogP contribution < -0.4 is 10.6 Å². The number of pyridine rings is 1. The molecule has 36 heavy (non-hydrogen) atoms. The van der Waals surface area contributed by atoms with E-state index in [-0.39, 0.29) is 35.8 Å². The van der Waals surface area contributed by atoms with Crippen LogP contribution in [0.15, 0.2) is 60.1 Å². The van der Waals surface area contributed by atoms with Gasteiger partial charge in [0.15, 0.2) is 0 Å². The lowest BCUT2D eigenvalue weighted by molar-refractivity contribution is -0.139. The van der Waals surface area contributed by atoms with Crippen molar-refractivity contribution >= 4 is 17.8 Å². The number of nitrogens with one attached hydrogen (secondary N) is 2. The van der Waals surface area contributed by atoms with Gasteiger partial charge in [0.25, 0.3) is 5.91 Å². The fraction of sp³-hybridized carbons (Fsp3) is 0.360. The number of halogens is 3. The molecule has 3 heterocycles. The summed E-state index contributed by atoms with van der Waals surface area (Å²) in [5.41, 5.74) is -0.0864. The van der Waals surface area contributed by atoms with E-state index in [2.05, 4.69) is 15.6 Å². The maximum atomic E-state index is 13.8. The van der Waals surface area contributed by atoms with Gasteiger partial charge in [-0.2, -0.15) is 13.2 Å². The van der Waals surface area contributed by atoms with Crippen LogP contribution in [0.2, 0.25) is 0 Å². The minimum atomic E-state index is -4.68. The molecule has 1 aromatic heterocycles. The summed E-state index contributed by atoms with van der Waals surface area (Å²) in [4.78, 5) is 46.1. The second-order valence-corrected chi connectivity index (χ2v) is 9.09. The lowest BCUT2D eigenvalue weighted by atomic mass is 9.91. The molecule has 0 saturated carbocycles. The van der Waals surface area contributed by atoms with Crippen molar-refractivity contribution in [2.24, 2.45) is 5.92 Å². The molecule has 0 unspecified atom stereocenters. The summed E-state index contributed by atoms with van der Waals surface area (Å²) >= 11 is 0. The third-order valence-corrected chi connectivity index (χ3v) is 6.39. The smallest absolute Gasteiger partial charge is 0.350 e. The number of hydrogen-bond donors (Lipinski definition) is 2. The average molecular weight is 502 g/mol. The van der Waals surface area contributed by atoms with Crippen molar-refractivity contribution in [3.05, 3.63) is 76.8 Å². The Kier molecular flexibility index (Phi) is 6.75. The molecule has 4 amide bonds. The first-order chi connectivity index (χ1) is 17.0. The first-order valence-electron chi connectivity index (χ1n) is 11.4. The van der Waals surface area contributed by atoms with Crippen LogP contribution in [-0.2, 0) is 22.3 Å². The Morgan fingerprint density at radius 3 is 2.56 bits per heavy atom. The van der Waals surface area contributed by atoms with Crippen molar-refractivity contribution in [3.8, 4) is 0 Å². The molecule has 0 bridgehead atoms. The Balaban J connectivity index is 1.66. The topological polar surface area (TPSA) is 94.6 Å². The first kappa shape index (κ1) is 25.2. The minimum absolute atomic E-state index is 0.0273. The van der Waals surface area contributed by atoms with E-state index in [1.807, 2.05) is 0 Å². The zero-order chi connectivity index (χ0) is 26.2. The number of carbonyl (C=O) groups is 3. The maximum Gasteiger partial charge on any atom is 0.416 e. The van der Waals surface area contributed by atoms with Crippen LogP contribution in [0.3, 0.4) is 0 Å². The molecule has 2 aliphatic heterocycles. The van der Waals surface area contributed by atoms with Crippen molar-refractivity contribution in [1.29, 1.82) is 0 Å². The number of carbonyl (C=O) groups excluding carboxylic acids is 3. The van der Waals surface area contributed by atoms with Crippen LogP contribution in [0, 0.1) is 5.92 Å². The molecule has 0 fully saturated rings. The number of nitrogens with zero attached hydrogens (tertiary/aromatic N) is 3. The summed E-state index contributed by atoms with van der Waals surface area (Å²) in [5.74, 6) is -1.30. The highest BCUT2D eigenvalue weighted by Gasteiger charge is 2.48. The van der Waals surface area contributed by atoms with Crippen LogP contribution in [0.4, 0.5) is 18.0 Å². The fourth-order valence-corrected chi connectivity index (χ4v) is 4.65. The van der Waals surface area contributed by atoms with E-state index in [0.717, 1.165) is 11.6 Å². The second-order valence-electron chi connectivity index (χ2n) is 9.09. The summed E-state index contributed by atoms with van der Waals surface area (Å²) < 4.78 is 41.3. The summed E-state index contributed by atoms with van der Waals surface area (Å²) in [6, 6.07) is 5.55. The highest BCUT2D eigenvalue weighted by molar-refractivity contribution is 6.03. The molecule has 2 aliphatic rings. The molecule has 1 aromatic carbocycles. The van der Waals surface area contributed by atoms with Gasteiger partial charge < -0.3 is 15.5 Å². The van der Waals surface area contributed by atoms with Gasteiger partial charge in [-0.3, -0.25) is 19.5 Å². The van der Waals surface area contributed by atoms with Gasteiger partial charge in [0.05, 0.1) is 29.4 Å². The quantitative estimate of drug-likeness (QED) is 0.636. The Bertz CT molecular complexity index is 1210. The number of urea groups is 1. The normalized spacial score (nSPS) is 18.9. The molecule has 4 rings (SSSR count). The van der Waals surface area contributed by atoms with E-state index in [0.29, 0.717) is 0 Å². The van der Waals surface area contributed by atoms with Gasteiger partial charge in [0, 0.05) is 26.0 Å².